The Morgan fingerprint density at radius 3 is 2.89 bits per heavy atom. The Morgan fingerprint density at radius 1 is 1.58 bits per heavy atom. The van der Waals surface area contributed by atoms with Gasteiger partial charge in [0.2, 0.25) is 5.89 Å². The van der Waals surface area contributed by atoms with E-state index in [2.05, 4.69) is 15.5 Å². The van der Waals surface area contributed by atoms with E-state index >= 15 is 0 Å². The van der Waals surface area contributed by atoms with Gasteiger partial charge in [0.1, 0.15) is 0 Å². The van der Waals surface area contributed by atoms with Crippen molar-refractivity contribution in [3.05, 3.63) is 11.7 Å². The summed E-state index contributed by atoms with van der Waals surface area (Å²) >= 11 is 0. The molecule has 106 valence electrons. The maximum Gasteiger partial charge on any atom is 0.318 e. The van der Waals surface area contributed by atoms with Crippen molar-refractivity contribution in [2.75, 3.05) is 6.54 Å². The Bertz CT molecular complexity index is 452. The number of aromatic nitrogens is 2. The van der Waals surface area contributed by atoms with Gasteiger partial charge in [0.25, 0.3) is 6.43 Å². The first kappa shape index (κ1) is 13.7. The topological polar surface area (TPSA) is 71.3 Å². The average molecular weight is 274 g/mol. The maximum atomic E-state index is 12.8. The molecule has 6 nitrogen and oxygen atoms in total. The molecule has 1 aromatic rings. The van der Waals surface area contributed by atoms with Crippen LogP contribution < -0.4 is 5.32 Å². The number of hydrogen-bond donors (Lipinski definition) is 1. The molecule has 0 aliphatic carbocycles. The quantitative estimate of drug-likeness (QED) is 0.913. The molecule has 2 amide bonds. The maximum absolute atomic E-state index is 12.8. The number of rotatable bonds is 3. The van der Waals surface area contributed by atoms with Crippen LogP contribution in [-0.4, -0.2) is 40.1 Å². The van der Waals surface area contributed by atoms with Gasteiger partial charge in [-0.3, -0.25) is 0 Å². The number of halogens is 2. The number of alkyl halides is 2. The minimum absolute atomic E-state index is 0.332. The SMILES string of the molecule is Cc1nc(C(C)NC(=O)N2CCC[C@H]2C(F)F)no1. The molecule has 19 heavy (non-hydrogen) atoms. The Hall–Kier alpha value is -1.73. The van der Waals surface area contributed by atoms with Gasteiger partial charge >= 0.3 is 6.03 Å². The van der Waals surface area contributed by atoms with Crippen molar-refractivity contribution in [1.29, 1.82) is 0 Å². The van der Waals surface area contributed by atoms with E-state index in [-0.39, 0.29) is 0 Å². The zero-order chi connectivity index (χ0) is 14.0. The average Bonchev–Trinajstić information content (AvgIpc) is 2.96. The van der Waals surface area contributed by atoms with Gasteiger partial charge in [0.05, 0.1) is 12.1 Å². The summed E-state index contributed by atoms with van der Waals surface area (Å²) < 4.78 is 30.3. The second-order valence-corrected chi connectivity index (χ2v) is 4.58. The minimum atomic E-state index is -2.52. The second kappa shape index (κ2) is 5.50. The first-order valence-corrected chi connectivity index (χ1v) is 6.14. The molecule has 0 saturated carbocycles. The molecule has 2 rings (SSSR count). The van der Waals surface area contributed by atoms with E-state index in [1.165, 1.54) is 4.90 Å². The second-order valence-electron chi connectivity index (χ2n) is 4.58. The Kier molecular flexibility index (Phi) is 3.96. The van der Waals surface area contributed by atoms with Crippen molar-refractivity contribution in [3.63, 3.8) is 0 Å². The van der Waals surface area contributed by atoms with Crippen LogP contribution in [0.4, 0.5) is 13.6 Å². The number of aryl methyl sites for hydroxylation is 1. The number of likely N-dealkylation sites (tertiary alicyclic amines) is 1. The number of carbonyl (C=O) groups is 1. The van der Waals surface area contributed by atoms with E-state index in [1.807, 2.05) is 0 Å². The lowest BCUT2D eigenvalue weighted by Gasteiger charge is -2.25. The van der Waals surface area contributed by atoms with Crippen LogP contribution in [0.15, 0.2) is 4.52 Å². The normalized spacial score (nSPS) is 20.9. The van der Waals surface area contributed by atoms with Gasteiger partial charge in [-0.2, -0.15) is 4.98 Å². The van der Waals surface area contributed by atoms with Gasteiger partial charge in [-0.15, -0.1) is 0 Å². The smallest absolute Gasteiger partial charge is 0.318 e. The molecule has 2 atom stereocenters. The van der Waals surface area contributed by atoms with Crippen molar-refractivity contribution >= 4 is 6.03 Å². The highest BCUT2D eigenvalue weighted by Gasteiger charge is 2.35. The fraction of sp³-hybridized carbons (Fsp3) is 0.727. The molecule has 1 fully saturated rings. The minimum Gasteiger partial charge on any atom is -0.340 e. The summed E-state index contributed by atoms with van der Waals surface area (Å²) in [5, 5.41) is 6.29. The summed E-state index contributed by atoms with van der Waals surface area (Å²) in [6.45, 7) is 3.66. The third-order valence-corrected chi connectivity index (χ3v) is 3.12. The fourth-order valence-electron chi connectivity index (χ4n) is 2.13. The van der Waals surface area contributed by atoms with Crippen LogP contribution in [0.5, 0.6) is 0 Å². The largest absolute Gasteiger partial charge is 0.340 e. The number of urea groups is 1. The van der Waals surface area contributed by atoms with Gasteiger partial charge in [0.15, 0.2) is 5.82 Å². The predicted molar refractivity (Wildman–Crippen MR) is 61.7 cm³/mol. The lowest BCUT2D eigenvalue weighted by Crippen LogP contribution is -2.46. The molecule has 1 aromatic heterocycles. The molecule has 0 bridgehead atoms. The van der Waals surface area contributed by atoms with Crippen molar-refractivity contribution in [3.8, 4) is 0 Å². The van der Waals surface area contributed by atoms with Crippen LogP contribution in [-0.2, 0) is 0 Å². The summed E-state index contributed by atoms with van der Waals surface area (Å²) in [4.78, 5) is 17.1. The molecule has 1 saturated heterocycles. The number of hydrogen-bond acceptors (Lipinski definition) is 4. The van der Waals surface area contributed by atoms with Gasteiger partial charge in [-0.1, -0.05) is 5.16 Å². The molecule has 0 aromatic carbocycles. The fourth-order valence-corrected chi connectivity index (χ4v) is 2.13. The summed E-state index contributed by atoms with van der Waals surface area (Å²) in [6.07, 6.45) is -1.59. The molecular formula is C11H16F2N4O2. The lowest BCUT2D eigenvalue weighted by atomic mass is 10.2. The predicted octanol–water partition coefficient (Wildman–Crippen LogP) is 1.88. The molecule has 8 heteroatoms. The summed E-state index contributed by atoms with van der Waals surface area (Å²) in [6, 6.07) is -2.00. The van der Waals surface area contributed by atoms with Gasteiger partial charge in [-0.05, 0) is 19.8 Å². The van der Waals surface area contributed by atoms with Crippen LogP contribution in [0.1, 0.15) is 37.5 Å². The lowest BCUT2D eigenvalue weighted by molar-refractivity contribution is 0.0601. The number of nitrogens with one attached hydrogen (secondary N) is 1. The monoisotopic (exact) mass is 274 g/mol. The van der Waals surface area contributed by atoms with E-state index in [1.54, 1.807) is 13.8 Å². The van der Waals surface area contributed by atoms with Crippen LogP contribution in [0.25, 0.3) is 0 Å². The van der Waals surface area contributed by atoms with Crippen LogP contribution in [0.3, 0.4) is 0 Å². The van der Waals surface area contributed by atoms with Crippen LogP contribution >= 0.6 is 0 Å². The summed E-state index contributed by atoms with van der Waals surface area (Å²) in [7, 11) is 0. The number of carbonyl (C=O) groups excluding carboxylic acids is 1. The van der Waals surface area contributed by atoms with Gasteiger partial charge in [-0.25, -0.2) is 13.6 Å². The molecule has 2 heterocycles. The standard InChI is InChI=1S/C11H16F2N4O2/c1-6(10-15-7(2)19-16-10)14-11(18)17-5-3-4-8(17)9(12)13/h6,8-9H,3-5H2,1-2H3,(H,14,18)/t6?,8-/m0/s1. The van der Waals surface area contributed by atoms with Crippen LogP contribution in [0, 0.1) is 6.92 Å². The van der Waals surface area contributed by atoms with E-state index < -0.39 is 24.5 Å². The molecular weight excluding hydrogens is 258 g/mol. The Balaban J connectivity index is 1.97. The van der Waals surface area contributed by atoms with E-state index in [9.17, 15) is 13.6 Å². The van der Waals surface area contributed by atoms with Gasteiger partial charge in [0, 0.05) is 13.5 Å². The highest BCUT2D eigenvalue weighted by atomic mass is 19.3. The Morgan fingerprint density at radius 2 is 2.32 bits per heavy atom. The molecule has 1 aliphatic rings. The zero-order valence-corrected chi connectivity index (χ0v) is 10.8. The summed E-state index contributed by atoms with van der Waals surface area (Å²) in [5.74, 6) is 0.723. The van der Waals surface area contributed by atoms with Crippen molar-refractivity contribution in [1.82, 2.24) is 20.4 Å². The van der Waals surface area contributed by atoms with Crippen molar-refractivity contribution in [2.24, 2.45) is 0 Å². The van der Waals surface area contributed by atoms with Crippen LogP contribution in [0.2, 0.25) is 0 Å². The number of amides is 2. The molecule has 1 aliphatic heterocycles. The molecule has 0 spiro atoms. The van der Waals surface area contributed by atoms with E-state index in [4.69, 9.17) is 4.52 Å². The first-order chi connectivity index (χ1) is 8.99. The van der Waals surface area contributed by atoms with E-state index in [0.717, 1.165) is 0 Å². The molecule has 1 N–H and O–H groups in total. The third kappa shape index (κ3) is 2.99. The molecule has 1 unspecified atom stereocenters. The third-order valence-electron chi connectivity index (χ3n) is 3.12. The summed E-state index contributed by atoms with van der Waals surface area (Å²) in [5.41, 5.74) is 0. The highest BCUT2D eigenvalue weighted by Crippen LogP contribution is 2.23. The zero-order valence-electron chi connectivity index (χ0n) is 10.8. The highest BCUT2D eigenvalue weighted by molar-refractivity contribution is 5.75. The molecule has 0 radical (unpaired) electrons. The number of nitrogens with zero attached hydrogens (tertiary/aromatic N) is 3. The Labute approximate surface area is 109 Å². The van der Waals surface area contributed by atoms with Gasteiger partial charge < -0.3 is 14.7 Å². The van der Waals surface area contributed by atoms with Crippen molar-refractivity contribution in [2.45, 2.75) is 45.2 Å². The van der Waals surface area contributed by atoms with E-state index in [0.29, 0.717) is 31.1 Å². The van der Waals surface area contributed by atoms with Crippen molar-refractivity contribution < 1.29 is 18.1 Å². The first-order valence-electron chi connectivity index (χ1n) is 6.14.